The lowest BCUT2D eigenvalue weighted by Gasteiger charge is -2.19. The number of furan rings is 1. The molecule has 0 bridgehead atoms. The van der Waals surface area contributed by atoms with Crippen LogP contribution in [0.1, 0.15) is 165 Å². The molecule has 0 aromatic carbocycles. The molecule has 1 aromatic rings. The van der Waals surface area contributed by atoms with E-state index in [1.54, 1.807) is 30.4 Å². The molecule has 1 heterocycles. The number of allylic oxidation sites excluding steroid dienone is 8. The summed E-state index contributed by atoms with van der Waals surface area (Å²) in [6, 6.07) is 0. The lowest BCUT2D eigenvalue weighted by molar-refractivity contribution is -0.161. The predicted molar refractivity (Wildman–Crippen MR) is 258 cm³/mol. The number of esters is 2. The molecule has 1 unspecified atom stereocenters. The van der Waals surface area contributed by atoms with Crippen molar-refractivity contribution in [1.29, 1.82) is 0 Å². The smallest absolute Gasteiger partial charge is 0.466 e. The van der Waals surface area contributed by atoms with E-state index in [9.17, 15) is 29.3 Å². The van der Waals surface area contributed by atoms with Crippen LogP contribution in [0.2, 0.25) is 0 Å². The van der Waals surface area contributed by atoms with Crippen LogP contribution in [0.3, 0.4) is 0 Å². The highest BCUT2D eigenvalue weighted by atomic mass is 31.2. The van der Waals surface area contributed by atoms with Gasteiger partial charge in [0.2, 0.25) is 0 Å². The number of carbonyl (C=O) groups is 2. The van der Waals surface area contributed by atoms with Gasteiger partial charge in [0.1, 0.15) is 18.1 Å². The van der Waals surface area contributed by atoms with Gasteiger partial charge in [-0.25, -0.2) is 4.57 Å². The van der Waals surface area contributed by atoms with Crippen molar-refractivity contribution in [3.8, 4) is 0 Å². The number of phosphoric ester groups is 1. The first kappa shape index (κ1) is 58.7. The van der Waals surface area contributed by atoms with Crippen LogP contribution >= 0.6 is 7.82 Å². The fraction of sp³-hybridized carbons (Fsp3) is 0.647. The van der Waals surface area contributed by atoms with E-state index < -0.39 is 44.7 Å². The van der Waals surface area contributed by atoms with Crippen molar-refractivity contribution >= 4 is 19.8 Å². The van der Waals surface area contributed by atoms with Gasteiger partial charge in [0, 0.05) is 32.2 Å². The van der Waals surface area contributed by atoms with Gasteiger partial charge < -0.3 is 34.7 Å². The van der Waals surface area contributed by atoms with Crippen LogP contribution in [-0.2, 0) is 45.5 Å². The summed E-state index contributed by atoms with van der Waals surface area (Å²) >= 11 is 0. The molecule has 0 aliphatic rings. The van der Waals surface area contributed by atoms with Gasteiger partial charge in [0.15, 0.2) is 6.10 Å². The fourth-order valence-electron chi connectivity index (χ4n) is 6.61. The van der Waals surface area contributed by atoms with Crippen molar-refractivity contribution in [3.05, 3.63) is 95.6 Å². The van der Waals surface area contributed by atoms with E-state index in [4.69, 9.17) is 28.7 Å². The molecule has 12 nitrogen and oxygen atoms in total. The van der Waals surface area contributed by atoms with Gasteiger partial charge in [-0.3, -0.25) is 18.6 Å². The number of nitrogens with two attached hydrogens (primary N) is 1. The molecule has 0 aliphatic carbocycles. The lowest BCUT2D eigenvalue weighted by Crippen LogP contribution is -2.29. The van der Waals surface area contributed by atoms with Gasteiger partial charge in [0.05, 0.1) is 25.4 Å². The van der Waals surface area contributed by atoms with E-state index >= 15 is 0 Å². The zero-order valence-corrected chi connectivity index (χ0v) is 40.6. The summed E-state index contributed by atoms with van der Waals surface area (Å²) in [5.74, 6) is 1.32. The Morgan fingerprint density at radius 3 is 1.91 bits per heavy atom. The zero-order valence-electron chi connectivity index (χ0n) is 39.7. The second-order valence-corrected chi connectivity index (χ2v) is 17.7. The average molecular weight is 918 g/mol. The van der Waals surface area contributed by atoms with E-state index in [0.717, 1.165) is 44.9 Å². The van der Waals surface area contributed by atoms with Crippen LogP contribution in [0, 0.1) is 13.8 Å². The Morgan fingerprint density at radius 1 is 0.688 bits per heavy atom. The first-order valence-corrected chi connectivity index (χ1v) is 25.5. The number of aryl methyl sites for hydroxylation is 2. The third kappa shape index (κ3) is 32.3. The Kier molecular flexibility index (Phi) is 35.6. The van der Waals surface area contributed by atoms with Gasteiger partial charge in [0.25, 0.3) is 0 Å². The van der Waals surface area contributed by atoms with Gasteiger partial charge >= 0.3 is 19.8 Å². The summed E-state index contributed by atoms with van der Waals surface area (Å²) in [6.07, 6.45) is 39.7. The van der Waals surface area contributed by atoms with E-state index in [1.807, 2.05) is 42.5 Å². The highest BCUT2D eigenvalue weighted by Gasteiger charge is 2.26. The molecule has 0 radical (unpaired) electrons. The van der Waals surface area contributed by atoms with Crippen molar-refractivity contribution in [2.45, 2.75) is 187 Å². The minimum atomic E-state index is -4.45. The number of carbonyl (C=O) groups excluding carboxylic acids is 2. The highest BCUT2D eigenvalue weighted by molar-refractivity contribution is 7.47. The van der Waals surface area contributed by atoms with Gasteiger partial charge in [-0.05, 0) is 76.3 Å². The van der Waals surface area contributed by atoms with Crippen LogP contribution < -0.4 is 5.73 Å². The minimum Gasteiger partial charge on any atom is -0.466 e. The molecule has 1 rings (SSSR count). The molecule has 0 saturated heterocycles. The number of unbranched alkanes of at least 4 members (excludes halogenated alkanes) is 12. The Labute approximate surface area is 385 Å². The fourth-order valence-corrected chi connectivity index (χ4v) is 7.38. The Bertz CT molecular complexity index is 1590. The maximum Gasteiger partial charge on any atom is 0.472 e. The molecular weight excluding hydrogens is 834 g/mol. The zero-order chi connectivity index (χ0) is 47.1. The second-order valence-electron chi connectivity index (χ2n) is 16.2. The molecule has 0 aliphatic heterocycles. The van der Waals surface area contributed by atoms with Gasteiger partial charge in [-0.15, -0.1) is 0 Å². The summed E-state index contributed by atoms with van der Waals surface area (Å²) < 4.78 is 39.0. The number of aliphatic hydroxyl groups is 2. The number of hydrogen-bond acceptors (Lipinski definition) is 11. The maximum absolute atomic E-state index is 12.6. The molecule has 13 heteroatoms. The predicted octanol–water partition coefficient (Wildman–Crippen LogP) is 11.4. The molecule has 4 atom stereocenters. The van der Waals surface area contributed by atoms with Crippen molar-refractivity contribution < 1.29 is 52.2 Å². The third-order valence-corrected chi connectivity index (χ3v) is 11.5. The molecule has 5 N–H and O–H groups in total. The molecular formula is C51H84NO11P. The first-order chi connectivity index (χ1) is 30.9. The SMILES string of the molecule is CC/C=C\C[C@H](O)/C=C/C=C\C/C=C\C=C\[C@H](O)/C=C\CCCC(=O)O[C@H](COC(=O)CCCCCCCCCCCCc1oc(CCCCC)c(C)c1C)COP(=O)(O)OCCN. The maximum atomic E-state index is 12.6. The summed E-state index contributed by atoms with van der Waals surface area (Å²) in [7, 11) is -4.45. The van der Waals surface area contributed by atoms with E-state index in [2.05, 4.69) is 27.7 Å². The van der Waals surface area contributed by atoms with Crippen LogP contribution in [0.15, 0.2) is 77.3 Å². The monoisotopic (exact) mass is 918 g/mol. The average Bonchev–Trinajstić information content (AvgIpc) is 3.54. The Balaban J connectivity index is 2.31. The van der Waals surface area contributed by atoms with Crippen LogP contribution in [0.25, 0.3) is 0 Å². The van der Waals surface area contributed by atoms with E-state index in [-0.39, 0.29) is 32.6 Å². The number of aliphatic hydroxyl groups excluding tert-OH is 2. The lowest BCUT2D eigenvalue weighted by atomic mass is 10.0. The summed E-state index contributed by atoms with van der Waals surface area (Å²) in [5.41, 5.74) is 8.02. The molecule has 64 heavy (non-hydrogen) atoms. The number of ether oxygens (including phenoxy) is 2. The minimum absolute atomic E-state index is 0.0115. The quantitative estimate of drug-likeness (QED) is 0.0161. The highest BCUT2D eigenvalue weighted by Crippen LogP contribution is 2.43. The third-order valence-electron chi connectivity index (χ3n) is 10.5. The first-order valence-electron chi connectivity index (χ1n) is 24.0. The van der Waals surface area contributed by atoms with Crippen molar-refractivity contribution in [1.82, 2.24) is 0 Å². The van der Waals surface area contributed by atoms with Crippen molar-refractivity contribution in [2.75, 3.05) is 26.4 Å². The molecule has 1 aromatic heterocycles. The number of rotatable bonds is 40. The van der Waals surface area contributed by atoms with Crippen molar-refractivity contribution in [2.24, 2.45) is 5.73 Å². The van der Waals surface area contributed by atoms with Gasteiger partial charge in [-0.2, -0.15) is 0 Å². The molecule has 0 saturated carbocycles. The number of hydrogen-bond donors (Lipinski definition) is 4. The number of phosphoric acid groups is 1. The summed E-state index contributed by atoms with van der Waals surface area (Å²) in [5, 5.41) is 20.0. The van der Waals surface area contributed by atoms with Crippen LogP contribution in [0.5, 0.6) is 0 Å². The largest absolute Gasteiger partial charge is 0.472 e. The molecule has 0 fully saturated rings. The van der Waals surface area contributed by atoms with E-state index in [1.165, 1.54) is 74.0 Å². The van der Waals surface area contributed by atoms with Gasteiger partial charge in [-0.1, -0.05) is 151 Å². The van der Waals surface area contributed by atoms with Crippen molar-refractivity contribution in [3.63, 3.8) is 0 Å². The summed E-state index contributed by atoms with van der Waals surface area (Å²) in [4.78, 5) is 35.1. The standard InChI is InChI=1S/C51H84NO11P/c1-5-7-23-31-45(53)32-25-18-14-13-15-19-26-33-46(54)34-27-22-30-38-51(56)62-47(42-61-64(57,58)60-40-39-52)41-59-50(55)37-29-21-17-12-10-9-11-16-20-28-36-49-44(4)43(3)48(63-49)35-24-8-6-2/h7,14-15,18-19,23,25-27,32-34,45-47,53-54H,5-6,8-13,16-17,20-22,24,28-31,35-42,52H2,1-4H3,(H,57,58)/b18-14-,19-15-,23-7-,32-25+,33-26+,34-27-/t45-,46-,47+/m0/s1. The summed E-state index contributed by atoms with van der Waals surface area (Å²) in [6.45, 7) is 7.63. The van der Waals surface area contributed by atoms with E-state index in [0.29, 0.717) is 32.1 Å². The molecule has 0 amide bonds. The molecule has 364 valence electrons. The Morgan fingerprint density at radius 2 is 1.28 bits per heavy atom. The Hall–Kier alpha value is -3.35. The molecule has 0 spiro atoms. The van der Waals surface area contributed by atoms with Crippen LogP contribution in [0.4, 0.5) is 0 Å². The second kappa shape index (κ2) is 38.9. The topological polar surface area (TPSA) is 188 Å². The normalized spacial score (nSPS) is 14.8. The van der Waals surface area contributed by atoms with Crippen LogP contribution in [-0.4, -0.2) is 71.7 Å².